The van der Waals surface area contributed by atoms with Gasteiger partial charge in [0.05, 0.1) is 14.2 Å². The first-order chi connectivity index (χ1) is 22.9. The van der Waals surface area contributed by atoms with E-state index in [4.69, 9.17) is 13.9 Å². The first-order valence-corrected chi connectivity index (χ1v) is 14.7. The molecule has 48 heavy (non-hydrogen) atoms. The van der Waals surface area contributed by atoms with Crippen LogP contribution in [0.2, 0.25) is 0 Å². The van der Waals surface area contributed by atoms with E-state index >= 15 is 0 Å². The van der Waals surface area contributed by atoms with Crippen LogP contribution >= 0.6 is 0 Å². The van der Waals surface area contributed by atoms with Gasteiger partial charge in [0.2, 0.25) is 0 Å². The molecule has 2 aromatic heterocycles. The van der Waals surface area contributed by atoms with Gasteiger partial charge in [-0.15, -0.1) is 0 Å². The lowest BCUT2D eigenvalue weighted by molar-refractivity contribution is -0.141. The summed E-state index contributed by atoms with van der Waals surface area (Å²) in [5, 5.41) is 8.98. The fraction of sp³-hybridized carbons (Fsp3) is 0.324. The summed E-state index contributed by atoms with van der Waals surface area (Å²) in [6.07, 6.45) is 1.69. The van der Waals surface area contributed by atoms with E-state index in [-0.39, 0.29) is 71.2 Å². The molecule has 10 nitrogen and oxygen atoms in total. The third-order valence-corrected chi connectivity index (χ3v) is 7.13. The number of aldehydes is 1. The van der Waals surface area contributed by atoms with Gasteiger partial charge >= 0.3 is 11.9 Å². The number of anilines is 2. The van der Waals surface area contributed by atoms with Crippen LogP contribution in [-0.4, -0.2) is 64.7 Å². The molecule has 0 saturated heterocycles. The molecule has 1 N–H and O–H groups in total. The van der Waals surface area contributed by atoms with Crippen LogP contribution in [0.5, 0.6) is 0 Å². The Bertz CT molecular complexity index is 1660. The standard InChI is InChI=1S/C17H19F2NO4.C17H17F2NO4/c2*1-20(7-3-4-16(22)23-2)17-13(18)8-11(9-14(17)19)15-6-5-12(10-21)24-15/h5-6,8-9,21H,3-4,7,10H2,1-2H3;5-6,8-10H,3-4,7H2,1-2H3. The van der Waals surface area contributed by atoms with E-state index in [1.54, 1.807) is 13.1 Å². The molecule has 0 aliphatic rings. The van der Waals surface area contributed by atoms with E-state index in [0.29, 0.717) is 38.0 Å². The van der Waals surface area contributed by atoms with E-state index in [9.17, 15) is 31.9 Å². The van der Waals surface area contributed by atoms with E-state index in [2.05, 4.69) is 9.47 Å². The fourth-order valence-electron chi connectivity index (χ4n) is 4.68. The number of hydrogen-bond donors (Lipinski definition) is 1. The van der Waals surface area contributed by atoms with E-state index in [0.717, 1.165) is 12.1 Å². The minimum absolute atomic E-state index is 0.0785. The first kappa shape index (κ1) is 37.3. The van der Waals surface area contributed by atoms with Crippen molar-refractivity contribution < 1.29 is 55.4 Å². The number of methoxy groups -OCH3 is 2. The molecule has 0 fully saturated rings. The zero-order valence-electron chi connectivity index (χ0n) is 26.9. The highest BCUT2D eigenvalue weighted by atomic mass is 19.1. The molecule has 0 amide bonds. The Hall–Kier alpha value is -5.11. The Labute approximate surface area is 274 Å². The third-order valence-electron chi connectivity index (χ3n) is 7.13. The quantitative estimate of drug-likeness (QED) is 0.0896. The van der Waals surface area contributed by atoms with Gasteiger partial charge in [-0.1, -0.05) is 0 Å². The summed E-state index contributed by atoms with van der Waals surface area (Å²) in [6, 6.07) is 10.6. The molecular weight excluding hydrogens is 640 g/mol. The second kappa shape index (κ2) is 17.7. The van der Waals surface area contributed by atoms with Crippen LogP contribution in [0.3, 0.4) is 0 Å². The number of rotatable bonds is 14. The Balaban J connectivity index is 0.000000260. The first-order valence-electron chi connectivity index (χ1n) is 14.7. The van der Waals surface area contributed by atoms with Gasteiger partial charge in [-0.05, 0) is 61.4 Å². The largest absolute Gasteiger partial charge is 0.469 e. The molecule has 2 aromatic carbocycles. The maximum absolute atomic E-state index is 14.3. The molecule has 2 heterocycles. The van der Waals surface area contributed by atoms with Crippen molar-refractivity contribution in [2.24, 2.45) is 0 Å². The average molecular weight is 677 g/mol. The molecule has 0 unspecified atom stereocenters. The third kappa shape index (κ3) is 9.94. The monoisotopic (exact) mass is 676 g/mol. The number of aliphatic hydroxyl groups excluding tert-OH is 1. The summed E-state index contributed by atoms with van der Waals surface area (Å²) in [7, 11) is 5.67. The van der Waals surface area contributed by atoms with E-state index < -0.39 is 23.3 Å². The topological polar surface area (TPSA) is 123 Å². The molecule has 0 aliphatic carbocycles. The molecule has 0 aliphatic heterocycles. The predicted molar refractivity (Wildman–Crippen MR) is 168 cm³/mol. The van der Waals surface area contributed by atoms with Gasteiger partial charge in [-0.2, -0.15) is 0 Å². The Morgan fingerprint density at radius 2 is 1.15 bits per heavy atom. The highest BCUT2D eigenvalue weighted by Gasteiger charge is 2.19. The van der Waals surface area contributed by atoms with Gasteiger partial charge in [0.1, 0.15) is 58.5 Å². The number of aliphatic hydroxyl groups is 1. The van der Waals surface area contributed by atoms with Crippen LogP contribution in [0.25, 0.3) is 22.6 Å². The number of halogens is 4. The van der Waals surface area contributed by atoms with Gasteiger partial charge < -0.3 is 33.2 Å². The predicted octanol–water partition coefficient (Wildman–Crippen LogP) is 6.53. The summed E-state index contributed by atoms with van der Waals surface area (Å²) in [5.41, 5.74) is 0.0876. The van der Waals surface area contributed by atoms with E-state index in [1.807, 2.05) is 0 Å². The van der Waals surface area contributed by atoms with Crippen molar-refractivity contribution >= 4 is 29.6 Å². The summed E-state index contributed by atoms with van der Waals surface area (Å²) >= 11 is 0. The fourth-order valence-corrected chi connectivity index (χ4v) is 4.68. The van der Waals surface area contributed by atoms with Gasteiger partial charge in [0.25, 0.3) is 0 Å². The van der Waals surface area contributed by atoms with Crippen molar-refractivity contribution in [3.05, 3.63) is 83.3 Å². The maximum atomic E-state index is 14.3. The van der Waals surface area contributed by atoms with Crippen LogP contribution in [0.4, 0.5) is 28.9 Å². The number of nitrogens with zero attached hydrogens (tertiary/aromatic N) is 2. The highest BCUT2D eigenvalue weighted by molar-refractivity contribution is 5.73. The van der Waals surface area contributed by atoms with Gasteiger partial charge in [0.15, 0.2) is 12.0 Å². The van der Waals surface area contributed by atoms with Crippen molar-refractivity contribution in [1.29, 1.82) is 0 Å². The Morgan fingerprint density at radius 3 is 1.50 bits per heavy atom. The van der Waals surface area contributed by atoms with E-state index in [1.165, 1.54) is 61.4 Å². The summed E-state index contributed by atoms with van der Waals surface area (Å²) in [6.45, 7) is 0.308. The SMILES string of the molecule is COC(=O)CCCN(C)c1c(F)cc(-c2ccc(C=O)o2)cc1F.COC(=O)CCCN(C)c1c(F)cc(-c2ccc(CO)o2)cc1F. The van der Waals surface area contributed by atoms with Crippen LogP contribution in [0.15, 0.2) is 57.4 Å². The Kier molecular flexibility index (Phi) is 13.8. The molecule has 0 radical (unpaired) electrons. The van der Waals surface area contributed by atoms with Gasteiger partial charge in [0, 0.05) is 51.2 Å². The molecule has 4 aromatic rings. The molecule has 0 spiro atoms. The Morgan fingerprint density at radius 1 is 0.729 bits per heavy atom. The minimum Gasteiger partial charge on any atom is -0.469 e. The van der Waals surface area contributed by atoms with Crippen molar-refractivity contribution in [3.8, 4) is 22.6 Å². The molecular formula is C34H36F4N2O8. The lowest BCUT2D eigenvalue weighted by atomic mass is 10.1. The summed E-state index contributed by atoms with van der Waals surface area (Å²) in [5.74, 6) is -2.83. The molecule has 14 heteroatoms. The van der Waals surface area contributed by atoms with Crippen molar-refractivity contribution in [2.45, 2.75) is 32.3 Å². The number of ether oxygens (including phenoxy) is 2. The molecule has 0 atom stereocenters. The van der Waals surface area contributed by atoms with Crippen molar-refractivity contribution in [2.75, 3.05) is 51.2 Å². The highest BCUT2D eigenvalue weighted by Crippen LogP contribution is 2.32. The van der Waals surface area contributed by atoms with Crippen molar-refractivity contribution in [1.82, 2.24) is 0 Å². The maximum Gasteiger partial charge on any atom is 0.305 e. The zero-order valence-corrected chi connectivity index (χ0v) is 26.9. The van der Waals surface area contributed by atoms with Gasteiger partial charge in [-0.25, -0.2) is 17.6 Å². The van der Waals surface area contributed by atoms with Crippen molar-refractivity contribution in [3.63, 3.8) is 0 Å². The number of benzene rings is 2. The number of carbonyl (C=O) groups is 3. The lowest BCUT2D eigenvalue weighted by Crippen LogP contribution is -2.22. The zero-order chi connectivity index (χ0) is 35.4. The average Bonchev–Trinajstić information content (AvgIpc) is 3.74. The second-order valence-electron chi connectivity index (χ2n) is 10.5. The van der Waals surface area contributed by atoms with Crippen LogP contribution in [0.1, 0.15) is 42.0 Å². The number of carbonyl (C=O) groups excluding carboxylic acids is 3. The number of hydrogen-bond acceptors (Lipinski definition) is 10. The summed E-state index contributed by atoms with van der Waals surface area (Å²) < 4.78 is 76.8. The smallest absolute Gasteiger partial charge is 0.305 e. The molecule has 0 bridgehead atoms. The normalized spacial score (nSPS) is 10.6. The lowest BCUT2D eigenvalue weighted by Gasteiger charge is -2.20. The minimum atomic E-state index is -0.755. The second-order valence-corrected chi connectivity index (χ2v) is 10.5. The number of esters is 2. The van der Waals surface area contributed by atoms with Gasteiger partial charge in [-0.3, -0.25) is 14.4 Å². The number of furan rings is 2. The van der Waals surface area contributed by atoms with Crippen LogP contribution < -0.4 is 9.80 Å². The molecule has 258 valence electrons. The van der Waals surface area contributed by atoms with Crippen LogP contribution in [-0.2, 0) is 25.7 Å². The summed E-state index contributed by atoms with van der Waals surface area (Å²) in [4.78, 5) is 35.6. The van der Waals surface area contributed by atoms with Crippen LogP contribution in [0, 0.1) is 23.3 Å². The molecule has 0 saturated carbocycles. The molecule has 4 rings (SSSR count).